The van der Waals surface area contributed by atoms with Crippen molar-refractivity contribution in [3.8, 4) is 0 Å². The standard InChI is InChI=1S/C22H28O4Si/c1-17(20(23)15-21(24)25)16-26-27(22(2,3)4,18-11-7-5-8-12-18)19-13-9-6-10-14-19/h5-14,17H,15-16H2,1-4H3,(H,24,25)/p-1. The van der Waals surface area contributed by atoms with Gasteiger partial charge in [0.15, 0.2) is 0 Å². The van der Waals surface area contributed by atoms with E-state index < -0.39 is 26.6 Å². The van der Waals surface area contributed by atoms with Crippen molar-refractivity contribution < 1.29 is 19.1 Å². The first-order chi connectivity index (χ1) is 12.7. The molecular weight excluding hydrogens is 356 g/mol. The molecule has 0 radical (unpaired) electrons. The summed E-state index contributed by atoms with van der Waals surface area (Å²) in [5.74, 6) is -2.23. The summed E-state index contributed by atoms with van der Waals surface area (Å²) in [6.07, 6.45) is -0.578. The number of carboxylic acid groups (broad SMARTS) is 1. The van der Waals surface area contributed by atoms with E-state index in [2.05, 4.69) is 45.0 Å². The molecule has 5 heteroatoms. The number of benzene rings is 2. The van der Waals surface area contributed by atoms with Crippen molar-refractivity contribution in [2.75, 3.05) is 6.61 Å². The van der Waals surface area contributed by atoms with Crippen LogP contribution in [0, 0.1) is 5.92 Å². The van der Waals surface area contributed by atoms with E-state index in [1.807, 2.05) is 36.4 Å². The molecule has 0 saturated carbocycles. The predicted molar refractivity (Wildman–Crippen MR) is 107 cm³/mol. The summed E-state index contributed by atoms with van der Waals surface area (Å²) in [7, 11) is -2.71. The molecular formula is C22H27O4Si-. The molecule has 0 aliphatic carbocycles. The molecule has 2 aromatic rings. The highest BCUT2D eigenvalue weighted by Gasteiger charge is 2.50. The summed E-state index contributed by atoms with van der Waals surface area (Å²) in [6, 6.07) is 20.3. The van der Waals surface area contributed by atoms with Gasteiger partial charge >= 0.3 is 0 Å². The van der Waals surface area contributed by atoms with Gasteiger partial charge in [0.05, 0.1) is 0 Å². The van der Waals surface area contributed by atoms with Crippen LogP contribution < -0.4 is 15.5 Å². The highest BCUT2D eigenvalue weighted by molar-refractivity contribution is 6.99. The van der Waals surface area contributed by atoms with Crippen molar-refractivity contribution in [3.63, 3.8) is 0 Å². The normalized spacial score (nSPS) is 13.2. The Balaban J connectivity index is 2.47. The molecule has 0 aromatic heterocycles. The van der Waals surface area contributed by atoms with Crippen LogP contribution in [0.15, 0.2) is 60.7 Å². The van der Waals surface area contributed by atoms with Crippen molar-refractivity contribution in [2.24, 2.45) is 5.92 Å². The van der Waals surface area contributed by atoms with Crippen LogP contribution in [0.5, 0.6) is 0 Å². The van der Waals surface area contributed by atoms with E-state index in [9.17, 15) is 14.7 Å². The molecule has 0 bridgehead atoms. The summed E-state index contributed by atoms with van der Waals surface area (Å²) >= 11 is 0. The Morgan fingerprint density at radius 3 is 1.78 bits per heavy atom. The van der Waals surface area contributed by atoms with Gasteiger partial charge < -0.3 is 14.3 Å². The maximum Gasteiger partial charge on any atom is 0.261 e. The van der Waals surface area contributed by atoms with Gasteiger partial charge in [0.2, 0.25) is 0 Å². The van der Waals surface area contributed by atoms with Crippen LogP contribution in [-0.4, -0.2) is 26.7 Å². The minimum absolute atomic E-state index is 0.180. The first-order valence-electron chi connectivity index (χ1n) is 9.16. The third kappa shape index (κ3) is 4.73. The molecule has 0 saturated heterocycles. The van der Waals surface area contributed by atoms with Gasteiger partial charge in [-0.25, -0.2) is 0 Å². The number of hydrogen-bond acceptors (Lipinski definition) is 4. The molecule has 27 heavy (non-hydrogen) atoms. The van der Waals surface area contributed by atoms with Crippen molar-refractivity contribution in [1.82, 2.24) is 0 Å². The summed E-state index contributed by atoms with van der Waals surface area (Å²) in [5, 5.41) is 12.8. The summed E-state index contributed by atoms with van der Waals surface area (Å²) in [4.78, 5) is 22.9. The zero-order chi connectivity index (χ0) is 20.1. The Bertz CT molecular complexity index is 726. The lowest BCUT2D eigenvalue weighted by Crippen LogP contribution is -2.67. The number of carbonyl (C=O) groups is 2. The molecule has 2 aromatic carbocycles. The fraction of sp³-hybridized carbons (Fsp3) is 0.364. The average molecular weight is 384 g/mol. The SMILES string of the molecule is CC(CO[Si](c1ccccc1)(c1ccccc1)C(C)(C)C)C(=O)CC(=O)[O-]. The molecule has 2 rings (SSSR count). The third-order valence-corrected chi connectivity index (χ3v) is 9.84. The van der Waals surface area contributed by atoms with Gasteiger partial charge in [0.25, 0.3) is 8.32 Å². The molecule has 0 heterocycles. The minimum Gasteiger partial charge on any atom is -0.550 e. The molecule has 144 valence electrons. The highest BCUT2D eigenvalue weighted by Crippen LogP contribution is 2.37. The molecule has 0 N–H and O–H groups in total. The zero-order valence-electron chi connectivity index (χ0n) is 16.4. The Hall–Kier alpha value is -2.24. The summed E-state index contributed by atoms with van der Waals surface area (Å²) in [6.45, 7) is 8.37. The van der Waals surface area contributed by atoms with Crippen LogP contribution in [0.2, 0.25) is 5.04 Å². The van der Waals surface area contributed by atoms with Gasteiger partial charge in [-0.1, -0.05) is 88.4 Å². The Morgan fingerprint density at radius 2 is 1.41 bits per heavy atom. The number of carboxylic acids is 1. The van der Waals surface area contributed by atoms with Crippen molar-refractivity contribution >= 4 is 30.4 Å². The van der Waals surface area contributed by atoms with Crippen LogP contribution in [0.25, 0.3) is 0 Å². The van der Waals surface area contributed by atoms with E-state index in [4.69, 9.17) is 4.43 Å². The number of rotatable bonds is 8. The van der Waals surface area contributed by atoms with Crippen LogP contribution >= 0.6 is 0 Å². The number of Topliss-reactive ketones (excluding diaryl/α,β-unsaturated/α-hetero) is 1. The molecule has 0 spiro atoms. The molecule has 0 aliphatic rings. The second kappa shape index (κ2) is 8.63. The van der Waals surface area contributed by atoms with E-state index in [-0.39, 0.29) is 17.4 Å². The second-order valence-electron chi connectivity index (χ2n) is 7.89. The van der Waals surface area contributed by atoms with E-state index >= 15 is 0 Å². The summed E-state index contributed by atoms with van der Waals surface area (Å²) in [5.41, 5.74) is 0. The molecule has 0 amide bonds. The van der Waals surface area contributed by atoms with Crippen LogP contribution in [0.4, 0.5) is 0 Å². The van der Waals surface area contributed by atoms with Crippen LogP contribution in [-0.2, 0) is 14.0 Å². The van der Waals surface area contributed by atoms with Gasteiger partial charge in [0, 0.05) is 24.9 Å². The number of aliphatic carboxylic acids is 1. The fourth-order valence-corrected chi connectivity index (χ4v) is 8.08. The van der Waals surface area contributed by atoms with Gasteiger partial charge in [-0.05, 0) is 15.4 Å². The zero-order valence-corrected chi connectivity index (χ0v) is 17.4. The second-order valence-corrected chi connectivity index (χ2v) is 12.2. The van der Waals surface area contributed by atoms with Gasteiger partial charge in [-0.2, -0.15) is 0 Å². The quantitative estimate of drug-likeness (QED) is 0.516. The maximum absolute atomic E-state index is 12.1. The van der Waals surface area contributed by atoms with Gasteiger partial charge in [-0.3, -0.25) is 4.79 Å². The largest absolute Gasteiger partial charge is 0.550 e. The molecule has 4 nitrogen and oxygen atoms in total. The first-order valence-corrected chi connectivity index (χ1v) is 11.1. The molecule has 0 aliphatic heterocycles. The molecule has 0 fully saturated rings. The van der Waals surface area contributed by atoms with Crippen molar-refractivity contribution in [1.29, 1.82) is 0 Å². The monoisotopic (exact) mass is 383 g/mol. The van der Waals surface area contributed by atoms with Crippen LogP contribution in [0.3, 0.4) is 0 Å². The van der Waals surface area contributed by atoms with Crippen molar-refractivity contribution in [3.05, 3.63) is 60.7 Å². The average Bonchev–Trinajstić information content (AvgIpc) is 2.62. The van der Waals surface area contributed by atoms with Gasteiger partial charge in [-0.15, -0.1) is 0 Å². The number of ketones is 1. The number of hydrogen-bond donors (Lipinski definition) is 0. The van der Waals surface area contributed by atoms with Crippen LogP contribution in [0.1, 0.15) is 34.1 Å². The fourth-order valence-electron chi connectivity index (χ4n) is 3.42. The van der Waals surface area contributed by atoms with E-state index in [1.54, 1.807) is 6.92 Å². The predicted octanol–water partition coefficient (Wildman–Crippen LogP) is 1.91. The molecule has 1 unspecified atom stereocenters. The lowest BCUT2D eigenvalue weighted by Gasteiger charge is -2.43. The Kier molecular flexibility index (Phi) is 6.73. The highest BCUT2D eigenvalue weighted by atomic mass is 28.4. The van der Waals surface area contributed by atoms with E-state index in [0.717, 1.165) is 10.4 Å². The summed E-state index contributed by atoms with van der Waals surface area (Å²) < 4.78 is 6.64. The van der Waals surface area contributed by atoms with Crippen molar-refractivity contribution in [2.45, 2.75) is 39.2 Å². The lowest BCUT2D eigenvalue weighted by atomic mass is 10.1. The Labute approximate surface area is 162 Å². The minimum atomic E-state index is -2.71. The third-order valence-electron chi connectivity index (χ3n) is 4.83. The number of carbonyl (C=O) groups excluding carboxylic acids is 2. The Morgan fingerprint density at radius 1 is 0.963 bits per heavy atom. The van der Waals surface area contributed by atoms with E-state index in [1.165, 1.54) is 0 Å². The maximum atomic E-state index is 12.1. The van der Waals surface area contributed by atoms with E-state index in [0.29, 0.717) is 0 Å². The lowest BCUT2D eigenvalue weighted by molar-refractivity contribution is -0.304. The van der Waals surface area contributed by atoms with Gasteiger partial charge in [0.1, 0.15) is 5.78 Å². The topological polar surface area (TPSA) is 66.4 Å². The smallest absolute Gasteiger partial charge is 0.261 e. The molecule has 1 atom stereocenters. The first kappa shape index (κ1) is 21.1.